The lowest BCUT2D eigenvalue weighted by atomic mass is 10.0. The number of hydrogen-bond acceptors (Lipinski definition) is 3. The average Bonchev–Trinajstić information content (AvgIpc) is 2.29. The first kappa shape index (κ1) is 13.7. The van der Waals surface area contributed by atoms with Gasteiger partial charge in [0.1, 0.15) is 6.10 Å². The maximum Gasteiger partial charge on any atom is 0.247 e. The van der Waals surface area contributed by atoms with E-state index in [-0.39, 0.29) is 6.54 Å². The van der Waals surface area contributed by atoms with Crippen molar-refractivity contribution >= 4 is 5.91 Å². The molecule has 0 heterocycles. The minimum Gasteiger partial charge on any atom is -0.382 e. The molecule has 0 bridgehead atoms. The summed E-state index contributed by atoms with van der Waals surface area (Å²) in [7, 11) is 0. The lowest BCUT2D eigenvalue weighted by molar-refractivity contribution is -0.125. The third kappa shape index (κ3) is 4.54. The first-order valence-electron chi connectivity index (χ1n) is 5.77. The van der Waals surface area contributed by atoms with Crippen LogP contribution in [0.2, 0.25) is 0 Å². The van der Waals surface area contributed by atoms with Crippen molar-refractivity contribution in [3.63, 3.8) is 0 Å². The number of carbonyl (C=O) groups excluding carboxylic acids is 1. The lowest BCUT2D eigenvalue weighted by Gasteiger charge is -2.09. The van der Waals surface area contributed by atoms with E-state index in [4.69, 9.17) is 5.73 Å². The number of hydrogen-bond donors (Lipinski definition) is 3. The molecule has 17 heavy (non-hydrogen) atoms. The van der Waals surface area contributed by atoms with Gasteiger partial charge in [-0.15, -0.1) is 0 Å². The van der Waals surface area contributed by atoms with Gasteiger partial charge in [0.05, 0.1) is 0 Å². The van der Waals surface area contributed by atoms with Gasteiger partial charge in [0.2, 0.25) is 5.91 Å². The average molecular weight is 236 g/mol. The summed E-state index contributed by atoms with van der Waals surface area (Å²) in [6.45, 7) is 5.09. The molecule has 4 nitrogen and oxygen atoms in total. The van der Waals surface area contributed by atoms with Crippen molar-refractivity contribution in [2.45, 2.75) is 32.4 Å². The standard InChI is InChI=1S/C13H20N2O2/c1-9(2)11-5-3-10(4-6-11)7-15-8-12(16)13(14)17/h3-6,9,12,15-16H,7-8H2,1-2H3,(H2,14,17). The summed E-state index contributed by atoms with van der Waals surface area (Å²) in [5, 5.41) is 12.2. The smallest absolute Gasteiger partial charge is 0.247 e. The molecule has 4 N–H and O–H groups in total. The van der Waals surface area contributed by atoms with E-state index in [2.05, 4.69) is 31.3 Å². The second-order valence-corrected chi connectivity index (χ2v) is 4.45. The fourth-order valence-electron chi connectivity index (χ4n) is 1.47. The van der Waals surface area contributed by atoms with Gasteiger partial charge < -0.3 is 16.2 Å². The van der Waals surface area contributed by atoms with Crippen LogP contribution in [0.15, 0.2) is 24.3 Å². The largest absolute Gasteiger partial charge is 0.382 e. The van der Waals surface area contributed by atoms with E-state index in [1.165, 1.54) is 5.56 Å². The molecule has 1 atom stereocenters. The van der Waals surface area contributed by atoms with Crippen LogP contribution in [0.5, 0.6) is 0 Å². The fourth-order valence-corrected chi connectivity index (χ4v) is 1.47. The highest BCUT2D eigenvalue weighted by Crippen LogP contribution is 2.14. The van der Waals surface area contributed by atoms with E-state index in [1.807, 2.05) is 12.1 Å². The molecule has 1 rings (SSSR count). The Kier molecular flexibility index (Phi) is 5.12. The van der Waals surface area contributed by atoms with Gasteiger partial charge in [0.15, 0.2) is 0 Å². The van der Waals surface area contributed by atoms with Crippen molar-refractivity contribution in [2.24, 2.45) is 5.73 Å². The summed E-state index contributed by atoms with van der Waals surface area (Å²) in [6.07, 6.45) is -1.12. The second kappa shape index (κ2) is 6.37. The molecule has 94 valence electrons. The highest BCUT2D eigenvalue weighted by molar-refractivity contribution is 5.78. The molecule has 0 aromatic heterocycles. The summed E-state index contributed by atoms with van der Waals surface area (Å²) in [5.41, 5.74) is 7.35. The number of aliphatic hydroxyl groups excluding tert-OH is 1. The summed E-state index contributed by atoms with van der Waals surface area (Å²) >= 11 is 0. The third-order valence-electron chi connectivity index (χ3n) is 2.64. The molecule has 0 fully saturated rings. The molecular formula is C13H20N2O2. The van der Waals surface area contributed by atoms with E-state index in [9.17, 15) is 9.90 Å². The first-order valence-corrected chi connectivity index (χ1v) is 5.77. The van der Waals surface area contributed by atoms with Crippen LogP contribution in [0, 0.1) is 0 Å². The van der Waals surface area contributed by atoms with Crippen LogP contribution in [0.3, 0.4) is 0 Å². The normalized spacial score (nSPS) is 12.7. The highest BCUT2D eigenvalue weighted by Gasteiger charge is 2.09. The number of amides is 1. The molecule has 0 saturated carbocycles. The van der Waals surface area contributed by atoms with Crippen LogP contribution in [0.25, 0.3) is 0 Å². The third-order valence-corrected chi connectivity index (χ3v) is 2.64. The van der Waals surface area contributed by atoms with Crippen LogP contribution in [0.1, 0.15) is 30.9 Å². The molecule has 0 spiro atoms. The zero-order valence-corrected chi connectivity index (χ0v) is 10.3. The molecule has 1 unspecified atom stereocenters. The zero-order chi connectivity index (χ0) is 12.8. The first-order chi connectivity index (χ1) is 8.00. The number of carbonyl (C=O) groups is 1. The van der Waals surface area contributed by atoms with E-state index in [0.717, 1.165) is 5.56 Å². The minimum absolute atomic E-state index is 0.182. The van der Waals surface area contributed by atoms with Crippen molar-refractivity contribution in [3.05, 3.63) is 35.4 Å². The number of nitrogens with one attached hydrogen (secondary N) is 1. The maximum atomic E-state index is 10.6. The zero-order valence-electron chi connectivity index (χ0n) is 10.3. The van der Waals surface area contributed by atoms with Crippen LogP contribution in [-0.4, -0.2) is 23.7 Å². The SMILES string of the molecule is CC(C)c1ccc(CNCC(O)C(N)=O)cc1. The number of primary amides is 1. The number of rotatable bonds is 6. The maximum absolute atomic E-state index is 10.6. The Hall–Kier alpha value is -1.39. The lowest BCUT2D eigenvalue weighted by Crippen LogP contribution is -2.37. The Balaban J connectivity index is 2.40. The predicted octanol–water partition coefficient (Wildman–Crippen LogP) is 0.746. The van der Waals surface area contributed by atoms with E-state index in [1.54, 1.807) is 0 Å². The quantitative estimate of drug-likeness (QED) is 0.682. The molecule has 4 heteroatoms. The minimum atomic E-state index is -1.12. The molecule has 0 radical (unpaired) electrons. The Bertz CT molecular complexity index is 360. The number of benzene rings is 1. The van der Waals surface area contributed by atoms with Crippen molar-refractivity contribution in [1.29, 1.82) is 0 Å². The Morgan fingerprint density at radius 3 is 2.41 bits per heavy atom. The van der Waals surface area contributed by atoms with Gasteiger partial charge in [-0.1, -0.05) is 38.1 Å². The Labute approximate surface area is 102 Å². The van der Waals surface area contributed by atoms with Crippen LogP contribution in [-0.2, 0) is 11.3 Å². The molecule has 1 aromatic carbocycles. The molecule has 1 amide bonds. The van der Waals surface area contributed by atoms with Crippen molar-refractivity contribution < 1.29 is 9.90 Å². The van der Waals surface area contributed by atoms with Crippen LogP contribution < -0.4 is 11.1 Å². The van der Waals surface area contributed by atoms with Gasteiger partial charge in [-0.05, 0) is 17.0 Å². The number of nitrogens with two attached hydrogens (primary N) is 1. The topological polar surface area (TPSA) is 75.3 Å². The van der Waals surface area contributed by atoms with E-state index in [0.29, 0.717) is 12.5 Å². The van der Waals surface area contributed by atoms with Crippen LogP contribution in [0.4, 0.5) is 0 Å². The Morgan fingerprint density at radius 1 is 1.35 bits per heavy atom. The van der Waals surface area contributed by atoms with Crippen molar-refractivity contribution in [1.82, 2.24) is 5.32 Å². The second-order valence-electron chi connectivity index (χ2n) is 4.45. The molecule has 0 aliphatic carbocycles. The highest BCUT2D eigenvalue weighted by atomic mass is 16.3. The molecule has 0 aliphatic rings. The van der Waals surface area contributed by atoms with Crippen LogP contribution >= 0.6 is 0 Å². The van der Waals surface area contributed by atoms with Gasteiger partial charge in [-0.2, -0.15) is 0 Å². The van der Waals surface area contributed by atoms with Gasteiger partial charge >= 0.3 is 0 Å². The van der Waals surface area contributed by atoms with Crippen molar-refractivity contribution in [2.75, 3.05) is 6.54 Å². The molecule has 1 aromatic rings. The molecule has 0 saturated heterocycles. The summed E-state index contributed by atoms with van der Waals surface area (Å²) in [4.78, 5) is 10.6. The monoisotopic (exact) mass is 236 g/mol. The Morgan fingerprint density at radius 2 is 1.94 bits per heavy atom. The van der Waals surface area contributed by atoms with Gasteiger partial charge in [0, 0.05) is 13.1 Å². The van der Waals surface area contributed by atoms with E-state index >= 15 is 0 Å². The van der Waals surface area contributed by atoms with Gasteiger partial charge in [0.25, 0.3) is 0 Å². The summed E-state index contributed by atoms with van der Waals surface area (Å²) in [5.74, 6) is -0.179. The van der Waals surface area contributed by atoms with Gasteiger partial charge in [-0.3, -0.25) is 4.79 Å². The molecule has 0 aliphatic heterocycles. The molecular weight excluding hydrogens is 216 g/mol. The number of aliphatic hydroxyl groups is 1. The van der Waals surface area contributed by atoms with Crippen molar-refractivity contribution in [3.8, 4) is 0 Å². The van der Waals surface area contributed by atoms with E-state index < -0.39 is 12.0 Å². The fraction of sp³-hybridized carbons (Fsp3) is 0.462. The summed E-state index contributed by atoms with van der Waals surface area (Å²) < 4.78 is 0. The van der Waals surface area contributed by atoms with Gasteiger partial charge in [-0.25, -0.2) is 0 Å². The predicted molar refractivity (Wildman–Crippen MR) is 67.4 cm³/mol. The summed E-state index contributed by atoms with van der Waals surface area (Å²) in [6, 6.07) is 8.26.